The van der Waals surface area contributed by atoms with Gasteiger partial charge in [0.25, 0.3) is 0 Å². The number of aliphatic hydroxyl groups excluding tert-OH is 1. The molecule has 3 N–H and O–H groups in total. The van der Waals surface area contributed by atoms with Gasteiger partial charge >= 0.3 is 0 Å². The van der Waals surface area contributed by atoms with Crippen molar-refractivity contribution in [2.75, 3.05) is 12.8 Å². The molecule has 1 unspecified atom stereocenters. The number of benzene rings is 1. The molecule has 1 atom stereocenters. The zero-order chi connectivity index (χ0) is 13.7. The number of methoxy groups -OCH3 is 1. The van der Waals surface area contributed by atoms with Crippen LogP contribution in [-0.4, -0.2) is 17.2 Å². The van der Waals surface area contributed by atoms with Gasteiger partial charge in [-0.3, -0.25) is 0 Å². The van der Waals surface area contributed by atoms with E-state index in [-0.39, 0.29) is 0 Å². The van der Waals surface area contributed by atoms with Crippen LogP contribution in [0.15, 0.2) is 42.6 Å². The average molecular weight is 258 g/mol. The molecule has 2 aromatic rings. The molecule has 0 aliphatic rings. The van der Waals surface area contributed by atoms with Gasteiger partial charge in [-0.15, -0.1) is 0 Å². The molecule has 0 radical (unpaired) electrons. The highest BCUT2D eigenvalue weighted by atomic mass is 16.5. The van der Waals surface area contributed by atoms with Crippen LogP contribution in [-0.2, 0) is 17.8 Å². The monoisotopic (exact) mass is 258 g/mol. The maximum absolute atomic E-state index is 10.2. The summed E-state index contributed by atoms with van der Waals surface area (Å²) in [7, 11) is 1.66. The van der Waals surface area contributed by atoms with Crippen LogP contribution < -0.4 is 5.73 Å². The number of aromatic nitrogens is 1. The number of pyridine rings is 1. The van der Waals surface area contributed by atoms with Gasteiger partial charge in [-0.25, -0.2) is 4.98 Å². The minimum atomic E-state index is -0.543. The van der Waals surface area contributed by atoms with Crippen molar-refractivity contribution in [2.24, 2.45) is 0 Å². The highest BCUT2D eigenvalue weighted by molar-refractivity contribution is 5.33. The third-order valence-electron chi connectivity index (χ3n) is 2.95. The zero-order valence-electron chi connectivity index (χ0n) is 10.9. The third kappa shape index (κ3) is 3.77. The lowest BCUT2D eigenvalue weighted by molar-refractivity contribution is 0.177. The van der Waals surface area contributed by atoms with E-state index in [1.807, 2.05) is 30.3 Å². The normalized spacial score (nSPS) is 12.3. The number of ether oxygens (including phenoxy) is 1. The summed E-state index contributed by atoms with van der Waals surface area (Å²) in [4.78, 5) is 3.93. The number of hydrogen-bond acceptors (Lipinski definition) is 4. The SMILES string of the molecule is COCc1ccc(C(O)Cc2ccnc(N)c2)cc1. The Balaban J connectivity index is 2.05. The number of nitrogen functional groups attached to an aromatic ring is 1. The molecule has 0 aliphatic carbocycles. The molecule has 0 fully saturated rings. The van der Waals surface area contributed by atoms with E-state index < -0.39 is 6.10 Å². The van der Waals surface area contributed by atoms with E-state index in [0.29, 0.717) is 18.8 Å². The third-order valence-corrected chi connectivity index (χ3v) is 2.95. The average Bonchev–Trinajstić information content (AvgIpc) is 2.40. The fraction of sp³-hybridized carbons (Fsp3) is 0.267. The van der Waals surface area contributed by atoms with Gasteiger partial charge in [0.15, 0.2) is 0 Å². The molecule has 4 heteroatoms. The Hall–Kier alpha value is -1.91. The van der Waals surface area contributed by atoms with Gasteiger partial charge in [0.05, 0.1) is 12.7 Å². The second-order valence-electron chi connectivity index (χ2n) is 4.48. The Morgan fingerprint density at radius 2 is 1.95 bits per heavy atom. The minimum absolute atomic E-state index is 0.472. The Morgan fingerprint density at radius 1 is 1.21 bits per heavy atom. The highest BCUT2D eigenvalue weighted by Gasteiger charge is 2.09. The first-order valence-corrected chi connectivity index (χ1v) is 6.15. The molecule has 0 aliphatic heterocycles. The summed E-state index contributed by atoms with van der Waals surface area (Å²) in [6.07, 6.45) is 1.63. The summed E-state index contributed by atoms with van der Waals surface area (Å²) < 4.78 is 5.05. The molecule has 4 nitrogen and oxygen atoms in total. The van der Waals surface area contributed by atoms with Gasteiger partial charge in [-0.05, 0) is 28.8 Å². The van der Waals surface area contributed by atoms with Crippen molar-refractivity contribution in [3.8, 4) is 0 Å². The van der Waals surface area contributed by atoms with Crippen molar-refractivity contribution in [1.29, 1.82) is 0 Å². The van der Waals surface area contributed by atoms with Crippen molar-refractivity contribution in [3.05, 3.63) is 59.3 Å². The predicted molar refractivity (Wildman–Crippen MR) is 74.5 cm³/mol. The molecule has 0 bridgehead atoms. The minimum Gasteiger partial charge on any atom is -0.388 e. The summed E-state index contributed by atoms with van der Waals surface area (Å²) in [5, 5.41) is 10.2. The van der Waals surface area contributed by atoms with Crippen LogP contribution in [0.2, 0.25) is 0 Å². The molecule has 100 valence electrons. The quantitative estimate of drug-likeness (QED) is 0.861. The van der Waals surface area contributed by atoms with Crippen molar-refractivity contribution >= 4 is 5.82 Å². The molecule has 1 aromatic heterocycles. The van der Waals surface area contributed by atoms with Crippen molar-refractivity contribution in [2.45, 2.75) is 19.1 Å². The Morgan fingerprint density at radius 3 is 2.58 bits per heavy atom. The van der Waals surface area contributed by atoms with Gasteiger partial charge in [0, 0.05) is 19.7 Å². The summed E-state index contributed by atoms with van der Waals surface area (Å²) in [6, 6.07) is 11.4. The summed E-state index contributed by atoms with van der Waals surface area (Å²) in [5.41, 5.74) is 8.57. The number of hydrogen-bond donors (Lipinski definition) is 2. The molecular formula is C15H18N2O2. The van der Waals surface area contributed by atoms with Crippen LogP contribution >= 0.6 is 0 Å². The lowest BCUT2D eigenvalue weighted by Crippen LogP contribution is -2.03. The van der Waals surface area contributed by atoms with E-state index in [2.05, 4.69) is 4.98 Å². The molecule has 2 rings (SSSR count). The number of anilines is 1. The zero-order valence-corrected chi connectivity index (χ0v) is 10.9. The highest BCUT2D eigenvalue weighted by Crippen LogP contribution is 2.19. The first-order valence-electron chi connectivity index (χ1n) is 6.15. The first-order chi connectivity index (χ1) is 9.19. The fourth-order valence-corrected chi connectivity index (χ4v) is 1.97. The molecular weight excluding hydrogens is 240 g/mol. The topological polar surface area (TPSA) is 68.4 Å². The number of nitrogens with zero attached hydrogens (tertiary/aromatic N) is 1. The number of nitrogens with two attached hydrogens (primary N) is 1. The van der Waals surface area contributed by atoms with E-state index in [4.69, 9.17) is 10.5 Å². The van der Waals surface area contributed by atoms with E-state index in [1.165, 1.54) is 0 Å². The summed E-state index contributed by atoms with van der Waals surface area (Å²) in [5.74, 6) is 0.472. The Kier molecular flexibility index (Phi) is 4.49. The van der Waals surface area contributed by atoms with Crippen LogP contribution in [0.25, 0.3) is 0 Å². The van der Waals surface area contributed by atoms with E-state index in [9.17, 15) is 5.11 Å². The number of aliphatic hydroxyl groups is 1. The Labute approximate surface area is 112 Å². The van der Waals surface area contributed by atoms with E-state index in [1.54, 1.807) is 19.4 Å². The Bertz CT molecular complexity index is 526. The van der Waals surface area contributed by atoms with Crippen LogP contribution in [0.1, 0.15) is 22.8 Å². The largest absolute Gasteiger partial charge is 0.388 e. The van der Waals surface area contributed by atoms with Gasteiger partial charge in [-0.2, -0.15) is 0 Å². The van der Waals surface area contributed by atoms with Gasteiger partial charge < -0.3 is 15.6 Å². The van der Waals surface area contributed by atoms with E-state index in [0.717, 1.165) is 16.7 Å². The maximum Gasteiger partial charge on any atom is 0.123 e. The van der Waals surface area contributed by atoms with Gasteiger partial charge in [0.1, 0.15) is 5.82 Å². The fourth-order valence-electron chi connectivity index (χ4n) is 1.97. The smallest absolute Gasteiger partial charge is 0.123 e. The van der Waals surface area contributed by atoms with Crippen molar-refractivity contribution in [3.63, 3.8) is 0 Å². The molecule has 0 amide bonds. The summed E-state index contributed by atoms with van der Waals surface area (Å²) in [6.45, 7) is 0.581. The van der Waals surface area contributed by atoms with Crippen molar-refractivity contribution in [1.82, 2.24) is 4.98 Å². The van der Waals surface area contributed by atoms with Crippen LogP contribution in [0, 0.1) is 0 Å². The van der Waals surface area contributed by atoms with Crippen LogP contribution in [0.3, 0.4) is 0 Å². The van der Waals surface area contributed by atoms with E-state index >= 15 is 0 Å². The van der Waals surface area contributed by atoms with Crippen LogP contribution in [0.5, 0.6) is 0 Å². The van der Waals surface area contributed by atoms with Gasteiger partial charge in [0.2, 0.25) is 0 Å². The molecule has 19 heavy (non-hydrogen) atoms. The molecule has 0 spiro atoms. The maximum atomic E-state index is 10.2. The standard InChI is InChI=1S/C15H18N2O2/c1-19-10-11-2-4-13(5-3-11)14(18)8-12-6-7-17-15(16)9-12/h2-7,9,14,18H,8,10H2,1H3,(H2,16,17). The molecule has 0 saturated carbocycles. The van der Waals surface area contributed by atoms with Crippen molar-refractivity contribution < 1.29 is 9.84 Å². The summed E-state index contributed by atoms with van der Waals surface area (Å²) >= 11 is 0. The number of rotatable bonds is 5. The second kappa shape index (κ2) is 6.31. The second-order valence-corrected chi connectivity index (χ2v) is 4.48. The lowest BCUT2D eigenvalue weighted by Gasteiger charge is -2.12. The molecule has 1 aromatic carbocycles. The van der Waals surface area contributed by atoms with Gasteiger partial charge in [-0.1, -0.05) is 24.3 Å². The predicted octanol–water partition coefficient (Wildman–Crippen LogP) is 2.09. The molecule has 0 saturated heterocycles. The molecule has 1 heterocycles. The van der Waals surface area contributed by atoms with Crippen LogP contribution in [0.4, 0.5) is 5.82 Å². The first kappa shape index (κ1) is 13.5. The lowest BCUT2D eigenvalue weighted by atomic mass is 10.0.